The van der Waals surface area contributed by atoms with Crippen molar-refractivity contribution in [3.05, 3.63) is 11.6 Å². The number of allylic oxidation sites excluding steroid dienone is 1. The van der Waals surface area contributed by atoms with E-state index in [-0.39, 0.29) is 18.3 Å². The smallest absolute Gasteiger partial charge is 0.321 e. The maximum absolute atomic E-state index is 11.5. The van der Waals surface area contributed by atoms with Crippen LogP contribution in [0.25, 0.3) is 0 Å². The molecule has 1 saturated heterocycles. The third-order valence-electron chi connectivity index (χ3n) is 3.61. The normalized spacial score (nSPS) is 23.7. The van der Waals surface area contributed by atoms with Crippen LogP contribution in [0, 0.1) is 23.7 Å². The van der Waals surface area contributed by atoms with Crippen LogP contribution in [0.15, 0.2) is 11.6 Å². The third kappa shape index (κ3) is 5.17. The van der Waals surface area contributed by atoms with Gasteiger partial charge in [0.25, 0.3) is 0 Å². The van der Waals surface area contributed by atoms with E-state index in [0.717, 1.165) is 17.9 Å². The number of hydrogen-bond acceptors (Lipinski definition) is 3. The monoisotopic (exact) mass is 266 g/mol. The Kier molecular flexibility index (Phi) is 5.77. The zero-order valence-electron chi connectivity index (χ0n) is 12.7. The molecule has 0 amide bonds. The van der Waals surface area contributed by atoms with E-state index in [1.807, 2.05) is 6.92 Å². The van der Waals surface area contributed by atoms with Gasteiger partial charge in [-0.05, 0) is 37.5 Å². The van der Waals surface area contributed by atoms with E-state index in [0.29, 0.717) is 11.8 Å². The molecule has 0 N–H and O–H groups in total. The van der Waals surface area contributed by atoms with Gasteiger partial charge in [-0.2, -0.15) is 0 Å². The van der Waals surface area contributed by atoms with Gasteiger partial charge in [-0.3, -0.25) is 9.59 Å². The van der Waals surface area contributed by atoms with Gasteiger partial charge in [0.05, 0.1) is 12.3 Å². The number of esters is 2. The Morgan fingerprint density at radius 3 is 2.37 bits per heavy atom. The van der Waals surface area contributed by atoms with E-state index in [4.69, 9.17) is 0 Å². The van der Waals surface area contributed by atoms with Crippen molar-refractivity contribution in [3.8, 4) is 0 Å². The summed E-state index contributed by atoms with van der Waals surface area (Å²) in [5.74, 6) is 0.684. The van der Waals surface area contributed by atoms with Crippen molar-refractivity contribution < 1.29 is 14.3 Å². The first-order valence-electron chi connectivity index (χ1n) is 7.22. The molecule has 0 aromatic heterocycles. The van der Waals surface area contributed by atoms with E-state index in [2.05, 4.69) is 38.5 Å². The van der Waals surface area contributed by atoms with E-state index >= 15 is 0 Å². The standard InChI is InChI=1S/C16H26O3/c1-10(2)6-11(3)7-12(4)8-13(5)14-9-15(17)19-16(14)18/h8,10-12,14H,6-7,9H2,1-5H3/b13-8+/t11-,12-,14+/m1/s1. The summed E-state index contributed by atoms with van der Waals surface area (Å²) in [6, 6.07) is 0. The first-order valence-corrected chi connectivity index (χ1v) is 7.22. The second-order valence-electron chi connectivity index (χ2n) is 6.41. The number of ether oxygens (including phenoxy) is 1. The predicted octanol–water partition coefficient (Wildman–Crippen LogP) is 3.73. The number of cyclic esters (lactones) is 2. The minimum absolute atomic E-state index is 0.204. The number of carbonyl (C=O) groups is 2. The largest absolute Gasteiger partial charge is 0.393 e. The van der Waals surface area contributed by atoms with Gasteiger partial charge in [-0.15, -0.1) is 0 Å². The fourth-order valence-electron chi connectivity index (χ4n) is 2.99. The second kappa shape index (κ2) is 6.88. The maximum Gasteiger partial charge on any atom is 0.321 e. The van der Waals surface area contributed by atoms with Crippen LogP contribution in [-0.4, -0.2) is 11.9 Å². The Bertz CT molecular complexity index is 368. The molecule has 0 aromatic carbocycles. The van der Waals surface area contributed by atoms with Crippen LogP contribution in [0.3, 0.4) is 0 Å². The minimum atomic E-state index is -0.399. The van der Waals surface area contributed by atoms with E-state index < -0.39 is 5.97 Å². The van der Waals surface area contributed by atoms with Crippen molar-refractivity contribution in [1.29, 1.82) is 0 Å². The van der Waals surface area contributed by atoms with Crippen LogP contribution in [0.4, 0.5) is 0 Å². The lowest BCUT2D eigenvalue weighted by Crippen LogP contribution is -2.11. The van der Waals surface area contributed by atoms with Gasteiger partial charge in [0.2, 0.25) is 0 Å². The Morgan fingerprint density at radius 2 is 1.89 bits per heavy atom. The van der Waals surface area contributed by atoms with E-state index in [1.165, 1.54) is 6.42 Å². The molecule has 1 heterocycles. The lowest BCUT2D eigenvalue weighted by atomic mass is 9.87. The van der Waals surface area contributed by atoms with E-state index in [9.17, 15) is 9.59 Å². The Labute approximate surface area is 116 Å². The second-order valence-corrected chi connectivity index (χ2v) is 6.41. The lowest BCUT2D eigenvalue weighted by molar-refractivity contribution is -0.152. The molecule has 0 aliphatic carbocycles. The molecule has 0 spiro atoms. The number of carbonyl (C=O) groups excluding carboxylic acids is 2. The number of rotatable bonds is 6. The van der Waals surface area contributed by atoms with Crippen molar-refractivity contribution >= 4 is 11.9 Å². The van der Waals surface area contributed by atoms with Crippen molar-refractivity contribution in [1.82, 2.24) is 0 Å². The zero-order valence-corrected chi connectivity index (χ0v) is 12.7. The fraction of sp³-hybridized carbons (Fsp3) is 0.750. The van der Waals surface area contributed by atoms with Crippen molar-refractivity contribution in [2.45, 2.75) is 53.9 Å². The molecule has 0 aromatic rings. The first kappa shape index (κ1) is 15.9. The molecule has 0 radical (unpaired) electrons. The van der Waals surface area contributed by atoms with Crippen molar-refractivity contribution in [2.75, 3.05) is 0 Å². The van der Waals surface area contributed by atoms with Crippen LogP contribution in [0.5, 0.6) is 0 Å². The van der Waals surface area contributed by atoms with Crippen LogP contribution >= 0.6 is 0 Å². The molecule has 0 saturated carbocycles. The highest BCUT2D eigenvalue weighted by atomic mass is 16.6. The van der Waals surface area contributed by atoms with Gasteiger partial charge in [0.1, 0.15) is 0 Å². The minimum Gasteiger partial charge on any atom is -0.393 e. The van der Waals surface area contributed by atoms with Gasteiger partial charge in [0, 0.05) is 0 Å². The topological polar surface area (TPSA) is 43.4 Å². The van der Waals surface area contributed by atoms with Gasteiger partial charge in [-0.25, -0.2) is 0 Å². The highest BCUT2D eigenvalue weighted by Gasteiger charge is 2.34. The highest BCUT2D eigenvalue weighted by molar-refractivity contribution is 5.96. The van der Waals surface area contributed by atoms with Gasteiger partial charge in [0.15, 0.2) is 0 Å². The molecular weight excluding hydrogens is 240 g/mol. The maximum atomic E-state index is 11.5. The van der Waals surface area contributed by atoms with Crippen molar-refractivity contribution in [2.24, 2.45) is 23.7 Å². The molecule has 1 aliphatic heterocycles. The van der Waals surface area contributed by atoms with Crippen molar-refractivity contribution in [3.63, 3.8) is 0 Å². The molecule has 0 unspecified atom stereocenters. The summed E-state index contributed by atoms with van der Waals surface area (Å²) >= 11 is 0. The number of hydrogen-bond donors (Lipinski definition) is 0. The van der Waals surface area contributed by atoms with Gasteiger partial charge < -0.3 is 4.74 Å². The fourth-order valence-corrected chi connectivity index (χ4v) is 2.99. The molecule has 108 valence electrons. The average Bonchev–Trinajstić information content (AvgIpc) is 2.55. The molecule has 3 heteroatoms. The molecule has 19 heavy (non-hydrogen) atoms. The zero-order chi connectivity index (χ0) is 14.6. The van der Waals surface area contributed by atoms with Gasteiger partial charge in [-0.1, -0.05) is 39.3 Å². The summed E-state index contributed by atoms with van der Waals surface area (Å²) in [5, 5.41) is 0. The molecule has 0 bridgehead atoms. The van der Waals surface area contributed by atoms with E-state index in [1.54, 1.807) is 0 Å². The molecule has 1 rings (SSSR count). The summed E-state index contributed by atoms with van der Waals surface area (Å²) in [7, 11) is 0. The SMILES string of the molecule is C/C(=C\[C@H](C)C[C@H](C)CC(C)C)[C@@H]1CC(=O)OC1=O. The molecule has 1 fully saturated rings. The quantitative estimate of drug-likeness (QED) is 0.418. The summed E-state index contributed by atoms with van der Waals surface area (Å²) in [6.45, 7) is 10.8. The predicted molar refractivity (Wildman–Crippen MR) is 75.4 cm³/mol. The van der Waals surface area contributed by atoms with Crippen LogP contribution < -0.4 is 0 Å². The van der Waals surface area contributed by atoms with Crippen LogP contribution in [0.1, 0.15) is 53.9 Å². The summed E-state index contributed by atoms with van der Waals surface area (Å²) in [4.78, 5) is 22.6. The Hall–Kier alpha value is -1.12. The Balaban J connectivity index is 2.53. The molecule has 3 nitrogen and oxygen atoms in total. The lowest BCUT2D eigenvalue weighted by Gasteiger charge is -2.17. The Morgan fingerprint density at radius 1 is 1.26 bits per heavy atom. The molecular formula is C16H26O3. The van der Waals surface area contributed by atoms with Crippen LogP contribution in [0.2, 0.25) is 0 Å². The average molecular weight is 266 g/mol. The molecule has 1 aliphatic rings. The summed E-state index contributed by atoms with van der Waals surface area (Å²) in [5.41, 5.74) is 0.972. The summed E-state index contributed by atoms with van der Waals surface area (Å²) < 4.78 is 4.59. The van der Waals surface area contributed by atoms with Crippen LogP contribution in [-0.2, 0) is 14.3 Å². The third-order valence-corrected chi connectivity index (χ3v) is 3.61. The van der Waals surface area contributed by atoms with Gasteiger partial charge >= 0.3 is 11.9 Å². The summed E-state index contributed by atoms with van der Waals surface area (Å²) in [6.07, 6.45) is 4.67. The highest BCUT2D eigenvalue weighted by Crippen LogP contribution is 2.27. The first-order chi connectivity index (χ1) is 8.79. The molecule has 3 atom stereocenters.